The quantitative estimate of drug-likeness (QED) is 0.872. The lowest BCUT2D eigenvalue weighted by Crippen LogP contribution is -2.10. The van der Waals surface area contributed by atoms with E-state index in [4.69, 9.17) is 11.6 Å². The fraction of sp³-hybridized carbons (Fsp3) is 0.231. The lowest BCUT2D eigenvalue weighted by atomic mass is 10.1. The van der Waals surface area contributed by atoms with Crippen molar-refractivity contribution in [1.82, 2.24) is 0 Å². The zero-order valence-corrected chi connectivity index (χ0v) is 13.4. The van der Waals surface area contributed by atoms with Crippen molar-refractivity contribution in [3.63, 3.8) is 0 Å². The van der Waals surface area contributed by atoms with Crippen molar-refractivity contribution in [3.8, 4) is 0 Å². The molecule has 1 unspecified atom stereocenters. The summed E-state index contributed by atoms with van der Waals surface area (Å²) in [6.45, 7) is 2.02. The molecule has 0 radical (unpaired) electrons. The van der Waals surface area contributed by atoms with Crippen LogP contribution in [0.2, 0.25) is 5.02 Å². The van der Waals surface area contributed by atoms with Crippen LogP contribution in [0.25, 0.3) is 0 Å². The highest BCUT2D eigenvalue weighted by Crippen LogP contribution is 2.29. The normalized spacial score (nSPS) is 12.9. The van der Waals surface area contributed by atoms with Crippen LogP contribution >= 0.6 is 22.9 Å². The number of anilines is 2. The van der Waals surface area contributed by atoms with Gasteiger partial charge in [0, 0.05) is 6.04 Å². The SMILES string of the molecule is CC(Nc1cc(NS(C)(=O)=O)ccc1Cl)c1ccsc1. The second-order valence-corrected chi connectivity index (χ2v) is 7.43. The molecule has 0 aliphatic carbocycles. The van der Waals surface area contributed by atoms with Gasteiger partial charge in [-0.15, -0.1) is 0 Å². The molecule has 108 valence electrons. The van der Waals surface area contributed by atoms with Gasteiger partial charge in [0.25, 0.3) is 0 Å². The summed E-state index contributed by atoms with van der Waals surface area (Å²) in [7, 11) is -3.30. The van der Waals surface area contributed by atoms with E-state index in [9.17, 15) is 8.42 Å². The first kappa shape index (κ1) is 15.2. The highest BCUT2D eigenvalue weighted by atomic mass is 35.5. The molecule has 0 aliphatic rings. The Hall–Kier alpha value is -1.24. The lowest BCUT2D eigenvalue weighted by molar-refractivity contribution is 0.607. The molecule has 0 bridgehead atoms. The van der Waals surface area contributed by atoms with Crippen LogP contribution in [-0.2, 0) is 10.0 Å². The van der Waals surface area contributed by atoms with Gasteiger partial charge in [0.05, 0.1) is 22.7 Å². The van der Waals surface area contributed by atoms with Gasteiger partial charge in [-0.2, -0.15) is 11.3 Å². The van der Waals surface area contributed by atoms with E-state index >= 15 is 0 Å². The van der Waals surface area contributed by atoms with Crippen molar-refractivity contribution in [2.45, 2.75) is 13.0 Å². The van der Waals surface area contributed by atoms with E-state index in [1.54, 1.807) is 29.5 Å². The van der Waals surface area contributed by atoms with Crippen LogP contribution in [-0.4, -0.2) is 14.7 Å². The number of hydrogen-bond donors (Lipinski definition) is 2. The summed E-state index contributed by atoms with van der Waals surface area (Å²) in [5.74, 6) is 0. The molecule has 0 saturated carbocycles. The van der Waals surface area contributed by atoms with Crippen LogP contribution in [0.15, 0.2) is 35.0 Å². The maximum atomic E-state index is 11.2. The summed E-state index contributed by atoms with van der Waals surface area (Å²) in [5, 5.41) is 7.90. The minimum Gasteiger partial charge on any atom is -0.377 e. The predicted octanol–water partition coefficient (Wildman–Crippen LogP) is 3.95. The summed E-state index contributed by atoms with van der Waals surface area (Å²) in [5.41, 5.74) is 2.34. The van der Waals surface area contributed by atoms with Crippen molar-refractivity contribution >= 4 is 44.3 Å². The maximum Gasteiger partial charge on any atom is 0.229 e. The third-order valence-electron chi connectivity index (χ3n) is 2.68. The van der Waals surface area contributed by atoms with Gasteiger partial charge in [-0.3, -0.25) is 4.72 Å². The Balaban J connectivity index is 2.20. The van der Waals surface area contributed by atoms with Crippen LogP contribution in [0.1, 0.15) is 18.5 Å². The Morgan fingerprint density at radius 1 is 1.30 bits per heavy atom. The first-order valence-corrected chi connectivity index (χ1v) is 9.12. The second-order valence-electron chi connectivity index (χ2n) is 4.49. The van der Waals surface area contributed by atoms with Gasteiger partial charge in [0.15, 0.2) is 0 Å². The van der Waals surface area contributed by atoms with Gasteiger partial charge < -0.3 is 5.32 Å². The number of nitrogens with one attached hydrogen (secondary N) is 2. The van der Waals surface area contributed by atoms with Crippen LogP contribution in [0.3, 0.4) is 0 Å². The average molecular weight is 331 g/mol. The molecule has 7 heteroatoms. The number of hydrogen-bond acceptors (Lipinski definition) is 4. The van der Waals surface area contributed by atoms with E-state index in [0.29, 0.717) is 16.4 Å². The summed E-state index contributed by atoms with van der Waals surface area (Å²) in [6, 6.07) is 7.11. The molecule has 0 amide bonds. The Morgan fingerprint density at radius 2 is 2.05 bits per heavy atom. The largest absolute Gasteiger partial charge is 0.377 e. The molecule has 1 aromatic heterocycles. The topological polar surface area (TPSA) is 58.2 Å². The zero-order valence-electron chi connectivity index (χ0n) is 11.1. The van der Waals surface area contributed by atoms with Gasteiger partial charge in [-0.05, 0) is 47.5 Å². The summed E-state index contributed by atoms with van der Waals surface area (Å²) < 4.78 is 24.9. The van der Waals surface area contributed by atoms with Crippen LogP contribution < -0.4 is 10.0 Å². The van der Waals surface area contributed by atoms with Gasteiger partial charge in [0.2, 0.25) is 10.0 Å². The lowest BCUT2D eigenvalue weighted by Gasteiger charge is -2.16. The second kappa shape index (κ2) is 6.03. The zero-order chi connectivity index (χ0) is 14.8. The van der Waals surface area contributed by atoms with Crippen molar-refractivity contribution in [2.75, 3.05) is 16.3 Å². The molecule has 0 aliphatic heterocycles. The molecule has 1 aromatic carbocycles. The fourth-order valence-electron chi connectivity index (χ4n) is 1.75. The molecule has 2 aromatic rings. The molecular weight excluding hydrogens is 316 g/mol. The Kier molecular flexibility index (Phi) is 4.57. The van der Waals surface area contributed by atoms with E-state index in [-0.39, 0.29) is 6.04 Å². The summed E-state index contributed by atoms with van der Waals surface area (Å²) in [6.07, 6.45) is 1.11. The van der Waals surface area contributed by atoms with Crippen LogP contribution in [0, 0.1) is 0 Å². The first-order valence-electron chi connectivity index (χ1n) is 5.91. The highest BCUT2D eigenvalue weighted by molar-refractivity contribution is 7.92. The van der Waals surface area contributed by atoms with Crippen LogP contribution in [0.4, 0.5) is 11.4 Å². The Morgan fingerprint density at radius 3 is 2.65 bits per heavy atom. The predicted molar refractivity (Wildman–Crippen MR) is 86.3 cm³/mol. The number of sulfonamides is 1. The van der Waals surface area contributed by atoms with E-state index in [2.05, 4.69) is 15.4 Å². The Labute approximate surface area is 127 Å². The van der Waals surface area contributed by atoms with Crippen molar-refractivity contribution in [3.05, 3.63) is 45.6 Å². The molecule has 1 heterocycles. The molecule has 20 heavy (non-hydrogen) atoms. The minimum atomic E-state index is -3.30. The smallest absolute Gasteiger partial charge is 0.229 e. The Bertz CT molecular complexity index is 684. The molecule has 4 nitrogen and oxygen atoms in total. The number of thiophene rings is 1. The van der Waals surface area contributed by atoms with Gasteiger partial charge >= 0.3 is 0 Å². The van der Waals surface area contributed by atoms with Crippen molar-refractivity contribution in [2.24, 2.45) is 0 Å². The minimum absolute atomic E-state index is 0.0900. The molecule has 2 N–H and O–H groups in total. The number of halogens is 1. The van der Waals surface area contributed by atoms with E-state index in [0.717, 1.165) is 11.8 Å². The summed E-state index contributed by atoms with van der Waals surface area (Å²) in [4.78, 5) is 0. The van der Waals surface area contributed by atoms with E-state index < -0.39 is 10.0 Å². The highest BCUT2D eigenvalue weighted by Gasteiger charge is 2.10. The number of benzene rings is 1. The third-order valence-corrected chi connectivity index (χ3v) is 4.32. The van der Waals surface area contributed by atoms with Gasteiger partial charge in [0.1, 0.15) is 0 Å². The molecule has 0 fully saturated rings. The molecule has 2 rings (SSSR count). The third kappa shape index (κ3) is 4.13. The summed E-state index contributed by atoms with van der Waals surface area (Å²) >= 11 is 7.76. The van der Waals surface area contributed by atoms with Crippen LogP contribution in [0.5, 0.6) is 0 Å². The average Bonchev–Trinajstić information content (AvgIpc) is 2.85. The van der Waals surface area contributed by atoms with Crippen molar-refractivity contribution < 1.29 is 8.42 Å². The molecule has 0 spiro atoms. The molecular formula is C13H15ClN2O2S2. The van der Waals surface area contributed by atoms with E-state index in [1.165, 1.54) is 0 Å². The van der Waals surface area contributed by atoms with Gasteiger partial charge in [-0.1, -0.05) is 11.6 Å². The van der Waals surface area contributed by atoms with Crippen molar-refractivity contribution in [1.29, 1.82) is 0 Å². The maximum absolute atomic E-state index is 11.2. The van der Waals surface area contributed by atoms with E-state index in [1.807, 2.05) is 18.4 Å². The standard InChI is InChI=1S/C13H15ClN2O2S2/c1-9(10-5-6-19-8-10)15-13-7-11(3-4-12(13)14)16-20(2,17)18/h3-9,15-16H,1-2H3. The monoisotopic (exact) mass is 330 g/mol. The molecule has 0 saturated heterocycles. The molecule has 1 atom stereocenters. The number of rotatable bonds is 5. The first-order chi connectivity index (χ1) is 9.35. The van der Waals surface area contributed by atoms with Gasteiger partial charge in [-0.25, -0.2) is 8.42 Å². The fourth-order valence-corrected chi connectivity index (χ4v) is 3.23.